The molecule has 1 saturated heterocycles. The Kier molecular flexibility index (Phi) is 6.05. The van der Waals surface area contributed by atoms with Crippen LogP contribution in [0.3, 0.4) is 0 Å². The van der Waals surface area contributed by atoms with Crippen LogP contribution in [0.5, 0.6) is 0 Å². The van der Waals surface area contributed by atoms with E-state index in [0.717, 1.165) is 19.5 Å². The number of rotatable bonds is 7. The molecular weight excluding hydrogens is 248 g/mol. The van der Waals surface area contributed by atoms with Crippen LogP contribution < -0.4 is 5.32 Å². The Bertz CT molecular complexity index is 391. The van der Waals surface area contributed by atoms with Crippen molar-refractivity contribution in [2.24, 2.45) is 0 Å². The number of nitrogens with one attached hydrogen (secondary N) is 1. The Labute approximate surface area is 123 Å². The minimum absolute atomic E-state index is 0.674. The van der Waals surface area contributed by atoms with Gasteiger partial charge in [0.2, 0.25) is 0 Å². The molecule has 20 heavy (non-hydrogen) atoms. The molecule has 0 bridgehead atoms. The SMILES string of the molecule is CCCN1CCC(NCc2cc(CC)nn2CC)CC1. The quantitative estimate of drug-likeness (QED) is 0.831. The standard InChI is InChI=1S/C16H30N4/c1-4-9-19-10-7-15(8-11-19)17-13-16-12-14(5-2)18-20(16)6-3/h12,15,17H,4-11,13H2,1-3H3. The fourth-order valence-electron chi connectivity index (χ4n) is 3.03. The third-order valence-corrected chi connectivity index (χ3v) is 4.27. The van der Waals surface area contributed by atoms with E-state index in [4.69, 9.17) is 0 Å². The lowest BCUT2D eigenvalue weighted by atomic mass is 10.0. The topological polar surface area (TPSA) is 33.1 Å². The van der Waals surface area contributed by atoms with Crippen LogP contribution >= 0.6 is 0 Å². The first-order chi connectivity index (χ1) is 9.76. The van der Waals surface area contributed by atoms with Crippen LogP contribution in [0, 0.1) is 0 Å². The molecule has 0 amide bonds. The number of aromatic nitrogens is 2. The first-order valence-corrected chi connectivity index (χ1v) is 8.28. The molecule has 1 aromatic rings. The number of nitrogens with zero attached hydrogens (tertiary/aromatic N) is 3. The molecular formula is C16H30N4. The van der Waals surface area contributed by atoms with Gasteiger partial charge in [-0.25, -0.2) is 0 Å². The van der Waals surface area contributed by atoms with Gasteiger partial charge in [0.15, 0.2) is 0 Å². The molecule has 0 aromatic carbocycles. The Balaban J connectivity index is 1.79. The minimum Gasteiger partial charge on any atom is -0.308 e. The van der Waals surface area contributed by atoms with Gasteiger partial charge >= 0.3 is 0 Å². The lowest BCUT2D eigenvalue weighted by Gasteiger charge is -2.32. The predicted molar refractivity (Wildman–Crippen MR) is 83.9 cm³/mol. The van der Waals surface area contributed by atoms with Gasteiger partial charge in [-0.3, -0.25) is 4.68 Å². The van der Waals surface area contributed by atoms with Gasteiger partial charge in [-0.1, -0.05) is 13.8 Å². The van der Waals surface area contributed by atoms with Gasteiger partial charge in [-0.2, -0.15) is 5.10 Å². The zero-order valence-electron chi connectivity index (χ0n) is 13.4. The van der Waals surface area contributed by atoms with E-state index in [9.17, 15) is 0 Å². The van der Waals surface area contributed by atoms with Crippen LogP contribution in [0.15, 0.2) is 6.07 Å². The molecule has 0 saturated carbocycles. The van der Waals surface area contributed by atoms with E-state index in [1.165, 1.54) is 50.3 Å². The highest BCUT2D eigenvalue weighted by Gasteiger charge is 2.18. The molecule has 2 rings (SSSR count). The van der Waals surface area contributed by atoms with Crippen molar-refractivity contribution in [1.82, 2.24) is 20.0 Å². The Morgan fingerprint density at radius 2 is 2.00 bits per heavy atom. The lowest BCUT2D eigenvalue weighted by Crippen LogP contribution is -2.42. The summed E-state index contributed by atoms with van der Waals surface area (Å²) in [6.45, 7) is 12.3. The number of aryl methyl sites for hydroxylation is 2. The van der Waals surface area contributed by atoms with Crippen LogP contribution in [0.1, 0.15) is 51.4 Å². The summed E-state index contributed by atoms with van der Waals surface area (Å²) in [5, 5.41) is 8.34. The number of hydrogen-bond donors (Lipinski definition) is 1. The highest BCUT2D eigenvalue weighted by Crippen LogP contribution is 2.12. The van der Waals surface area contributed by atoms with Crippen molar-refractivity contribution in [1.29, 1.82) is 0 Å². The van der Waals surface area contributed by atoms with Crippen LogP contribution in [0.25, 0.3) is 0 Å². The van der Waals surface area contributed by atoms with Crippen molar-refractivity contribution in [2.45, 2.75) is 65.6 Å². The molecule has 1 aromatic heterocycles. The molecule has 0 atom stereocenters. The molecule has 114 valence electrons. The van der Waals surface area contributed by atoms with Crippen molar-refractivity contribution in [2.75, 3.05) is 19.6 Å². The van der Waals surface area contributed by atoms with E-state index in [0.29, 0.717) is 6.04 Å². The first-order valence-electron chi connectivity index (χ1n) is 8.28. The Morgan fingerprint density at radius 3 is 2.60 bits per heavy atom. The summed E-state index contributed by atoms with van der Waals surface area (Å²) in [4.78, 5) is 2.59. The van der Waals surface area contributed by atoms with Crippen LogP contribution in [0.2, 0.25) is 0 Å². The molecule has 0 unspecified atom stereocenters. The highest BCUT2D eigenvalue weighted by atomic mass is 15.3. The van der Waals surface area contributed by atoms with Crippen molar-refractivity contribution < 1.29 is 0 Å². The zero-order chi connectivity index (χ0) is 14.4. The summed E-state index contributed by atoms with van der Waals surface area (Å²) in [6, 6.07) is 2.93. The molecule has 4 nitrogen and oxygen atoms in total. The second-order valence-corrected chi connectivity index (χ2v) is 5.79. The number of piperidine rings is 1. The third-order valence-electron chi connectivity index (χ3n) is 4.27. The van der Waals surface area contributed by atoms with Gasteiger partial charge in [0.1, 0.15) is 0 Å². The van der Waals surface area contributed by atoms with Crippen molar-refractivity contribution in [3.8, 4) is 0 Å². The third kappa shape index (κ3) is 4.06. The fraction of sp³-hybridized carbons (Fsp3) is 0.812. The van der Waals surface area contributed by atoms with Crippen molar-refractivity contribution >= 4 is 0 Å². The number of hydrogen-bond acceptors (Lipinski definition) is 3. The molecule has 1 aliphatic rings. The van der Waals surface area contributed by atoms with E-state index in [1.807, 2.05) is 0 Å². The van der Waals surface area contributed by atoms with Gasteiger partial charge in [0.25, 0.3) is 0 Å². The van der Waals surface area contributed by atoms with E-state index in [-0.39, 0.29) is 0 Å². The molecule has 4 heteroatoms. The van der Waals surface area contributed by atoms with Crippen LogP contribution in [-0.2, 0) is 19.5 Å². The summed E-state index contributed by atoms with van der Waals surface area (Å²) in [5.41, 5.74) is 2.54. The van der Waals surface area contributed by atoms with Crippen LogP contribution in [0.4, 0.5) is 0 Å². The maximum absolute atomic E-state index is 4.62. The molecule has 0 spiro atoms. The summed E-state index contributed by atoms with van der Waals surface area (Å²) in [6.07, 6.45) is 4.85. The molecule has 0 radical (unpaired) electrons. The smallest absolute Gasteiger partial charge is 0.0625 e. The van der Waals surface area contributed by atoms with Gasteiger partial charge in [-0.05, 0) is 58.3 Å². The maximum atomic E-state index is 4.62. The van der Waals surface area contributed by atoms with E-state index >= 15 is 0 Å². The zero-order valence-corrected chi connectivity index (χ0v) is 13.4. The highest BCUT2D eigenvalue weighted by molar-refractivity contribution is 5.10. The Hall–Kier alpha value is -0.870. The first kappa shape index (κ1) is 15.5. The van der Waals surface area contributed by atoms with Gasteiger partial charge in [-0.15, -0.1) is 0 Å². The summed E-state index contributed by atoms with van der Waals surface area (Å²) in [7, 11) is 0. The monoisotopic (exact) mass is 278 g/mol. The number of likely N-dealkylation sites (tertiary alicyclic amines) is 1. The minimum atomic E-state index is 0.674. The van der Waals surface area contributed by atoms with Gasteiger partial charge in [0.05, 0.1) is 11.4 Å². The Morgan fingerprint density at radius 1 is 1.25 bits per heavy atom. The second kappa shape index (κ2) is 7.79. The van der Waals surface area contributed by atoms with E-state index in [1.54, 1.807) is 0 Å². The van der Waals surface area contributed by atoms with E-state index < -0.39 is 0 Å². The second-order valence-electron chi connectivity index (χ2n) is 5.79. The molecule has 1 aliphatic heterocycles. The molecule has 2 heterocycles. The average molecular weight is 278 g/mol. The van der Waals surface area contributed by atoms with Gasteiger partial charge in [0, 0.05) is 19.1 Å². The van der Waals surface area contributed by atoms with Crippen molar-refractivity contribution in [3.05, 3.63) is 17.5 Å². The summed E-state index contributed by atoms with van der Waals surface area (Å²) < 4.78 is 2.14. The largest absolute Gasteiger partial charge is 0.308 e. The van der Waals surface area contributed by atoms with Crippen LogP contribution in [-0.4, -0.2) is 40.4 Å². The maximum Gasteiger partial charge on any atom is 0.0625 e. The lowest BCUT2D eigenvalue weighted by molar-refractivity contribution is 0.197. The van der Waals surface area contributed by atoms with Gasteiger partial charge < -0.3 is 10.2 Å². The summed E-state index contributed by atoms with van der Waals surface area (Å²) in [5.74, 6) is 0. The molecule has 1 fully saturated rings. The predicted octanol–water partition coefficient (Wildman–Crippen LogP) is 2.43. The molecule has 1 N–H and O–H groups in total. The summed E-state index contributed by atoms with van der Waals surface area (Å²) >= 11 is 0. The fourth-order valence-corrected chi connectivity index (χ4v) is 3.03. The average Bonchev–Trinajstić information content (AvgIpc) is 2.89. The normalized spacial score (nSPS) is 17.8. The van der Waals surface area contributed by atoms with E-state index in [2.05, 4.69) is 46.8 Å². The van der Waals surface area contributed by atoms with Crippen molar-refractivity contribution in [3.63, 3.8) is 0 Å². The molecule has 0 aliphatic carbocycles.